The topological polar surface area (TPSA) is 17.1 Å². The molecule has 0 aliphatic heterocycles. The minimum atomic E-state index is 0.470. The maximum Gasteiger partial charge on any atom is 0.133 e. The van der Waals surface area contributed by atoms with E-state index in [1.807, 2.05) is 48.4 Å². The SMILES string of the molecule is C=C(C(=C=O)c1ccccc1)c1ccc(Cl)cc1. The summed E-state index contributed by atoms with van der Waals surface area (Å²) in [6.45, 7) is 3.96. The van der Waals surface area contributed by atoms with E-state index in [9.17, 15) is 4.79 Å². The molecule has 0 radical (unpaired) electrons. The lowest BCUT2D eigenvalue weighted by atomic mass is 9.95. The van der Waals surface area contributed by atoms with E-state index in [2.05, 4.69) is 6.58 Å². The molecule has 0 saturated carbocycles. The van der Waals surface area contributed by atoms with Crippen LogP contribution in [0.1, 0.15) is 11.1 Å². The molecule has 0 amide bonds. The van der Waals surface area contributed by atoms with Crippen molar-refractivity contribution in [3.05, 3.63) is 77.3 Å². The van der Waals surface area contributed by atoms with E-state index in [0.29, 0.717) is 16.2 Å². The van der Waals surface area contributed by atoms with Gasteiger partial charge in [0.1, 0.15) is 5.94 Å². The molecule has 0 N–H and O–H groups in total. The van der Waals surface area contributed by atoms with Gasteiger partial charge in [0.2, 0.25) is 0 Å². The fourth-order valence-electron chi connectivity index (χ4n) is 1.69. The van der Waals surface area contributed by atoms with E-state index < -0.39 is 0 Å². The normalized spacial score (nSPS) is 9.61. The first-order valence-corrected chi connectivity index (χ1v) is 5.86. The number of allylic oxidation sites excluding steroid dienone is 2. The number of benzene rings is 2. The van der Waals surface area contributed by atoms with Crippen molar-refractivity contribution in [2.24, 2.45) is 0 Å². The molecular formula is C16H11ClO. The van der Waals surface area contributed by atoms with Gasteiger partial charge in [-0.05, 0) is 28.8 Å². The number of rotatable bonds is 3. The summed E-state index contributed by atoms with van der Waals surface area (Å²) < 4.78 is 0. The molecule has 1 nitrogen and oxygen atoms in total. The highest BCUT2D eigenvalue weighted by Crippen LogP contribution is 2.28. The monoisotopic (exact) mass is 254 g/mol. The van der Waals surface area contributed by atoms with Crippen LogP contribution >= 0.6 is 11.6 Å². The number of hydrogen-bond donors (Lipinski definition) is 0. The zero-order valence-corrected chi connectivity index (χ0v) is 10.4. The summed E-state index contributed by atoms with van der Waals surface area (Å²) in [4.78, 5) is 11.1. The van der Waals surface area contributed by atoms with Crippen molar-refractivity contribution in [3.8, 4) is 0 Å². The lowest BCUT2D eigenvalue weighted by Gasteiger charge is -2.07. The summed E-state index contributed by atoms with van der Waals surface area (Å²) >= 11 is 5.83. The van der Waals surface area contributed by atoms with Crippen LogP contribution in [-0.4, -0.2) is 5.94 Å². The minimum Gasteiger partial charge on any atom is -0.233 e. The lowest BCUT2D eigenvalue weighted by molar-refractivity contribution is 0.569. The molecule has 0 fully saturated rings. The summed E-state index contributed by atoms with van der Waals surface area (Å²) in [5, 5.41) is 0.655. The molecule has 18 heavy (non-hydrogen) atoms. The van der Waals surface area contributed by atoms with Gasteiger partial charge in [0.15, 0.2) is 0 Å². The number of halogens is 1. The van der Waals surface area contributed by atoms with E-state index in [1.54, 1.807) is 12.1 Å². The van der Waals surface area contributed by atoms with Crippen LogP contribution < -0.4 is 0 Å². The van der Waals surface area contributed by atoms with E-state index in [4.69, 9.17) is 11.6 Å². The van der Waals surface area contributed by atoms with Crippen molar-refractivity contribution in [3.63, 3.8) is 0 Å². The molecule has 88 valence electrons. The molecule has 0 saturated heterocycles. The fourth-order valence-corrected chi connectivity index (χ4v) is 1.82. The van der Waals surface area contributed by atoms with Gasteiger partial charge < -0.3 is 0 Å². The Labute approximate surface area is 111 Å². The van der Waals surface area contributed by atoms with Crippen LogP contribution in [0.5, 0.6) is 0 Å². The van der Waals surface area contributed by atoms with Crippen LogP contribution in [0.25, 0.3) is 11.1 Å². The summed E-state index contributed by atoms with van der Waals surface area (Å²) in [5.41, 5.74) is 2.79. The Morgan fingerprint density at radius 2 is 1.56 bits per heavy atom. The lowest BCUT2D eigenvalue weighted by Crippen LogP contribution is -1.89. The van der Waals surface area contributed by atoms with Crippen LogP contribution in [0, 0.1) is 0 Å². The molecule has 2 rings (SSSR count). The highest BCUT2D eigenvalue weighted by atomic mass is 35.5. The zero-order valence-electron chi connectivity index (χ0n) is 9.69. The van der Waals surface area contributed by atoms with Gasteiger partial charge in [0, 0.05) is 5.02 Å². The van der Waals surface area contributed by atoms with E-state index in [-0.39, 0.29) is 0 Å². The fraction of sp³-hybridized carbons (Fsp3) is 0. The average Bonchev–Trinajstić information content (AvgIpc) is 2.41. The van der Waals surface area contributed by atoms with Crippen LogP contribution in [0.3, 0.4) is 0 Å². The second kappa shape index (κ2) is 5.50. The predicted octanol–water partition coefficient (Wildman–Crippen LogP) is 4.27. The Morgan fingerprint density at radius 3 is 2.11 bits per heavy atom. The minimum absolute atomic E-state index is 0.470. The van der Waals surface area contributed by atoms with Gasteiger partial charge in [-0.3, -0.25) is 0 Å². The molecule has 0 aliphatic rings. The third-order valence-electron chi connectivity index (χ3n) is 2.66. The van der Waals surface area contributed by atoms with Gasteiger partial charge in [0.25, 0.3) is 0 Å². The summed E-state index contributed by atoms with van der Waals surface area (Å²) in [7, 11) is 0. The standard InChI is InChI=1S/C16H11ClO/c1-12(13-7-9-15(17)10-8-13)16(11-18)14-5-3-2-4-6-14/h2-10H,1H2. The van der Waals surface area contributed by atoms with Crippen LogP contribution in [0.15, 0.2) is 61.2 Å². The molecule has 2 heteroatoms. The molecule has 2 aromatic carbocycles. The van der Waals surface area contributed by atoms with Gasteiger partial charge in [-0.25, -0.2) is 4.79 Å². The second-order valence-electron chi connectivity index (χ2n) is 3.83. The van der Waals surface area contributed by atoms with Crippen LogP contribution in [0.2, 0.25) is 5.02 Å². The van der Waals surface area contributed by atoms with Crippen molar-refractivity contribution >= 4 is 28.7 Å². The highest BCUT2D eigenvalue weighted by Gasteiger charge is 2.09. The maximum atomic E-state index is 11.1. The van der Waals surface area contributed by atoms with Crippen molar-refractivity contribution in [1.82, 2.24) is 0 Å². The zero-order chi connectivity index (χ0) is 13.0. The van der Waals surface area contributed by atoms with Gasteiger partial charge in [-0.1, -0.05) is 60.6 Å². The average molecular weight is 255 g/mol. The first-order chi connectivity index (χ1) is 8.72. The van der Waals surface area contributed by atoms with Gasteiger partial charge in [-0.2, -0.15) is 0 Å². The Morgan fingerprint density at radius 1 is 0.944 bits per heavy atom. The molecule has 0 heterocycles. The van der Waals surface area contributed by atoms with Crippen molar-refractivity contribution in [1.29, 1.82) is 0 Å². The number of hydrogen-bond acceptors (Lipinski definition) is 1. The quantitative estimate of drug-likeness (QED) is 0.591. The molecule has 0 aliphatic carbocycles. The molecule has 0 spiro atoms. The Kier molecular flexibility index (Phi) is 3.78. The highest BCUT2D eigenvalue weighted by molar-refractivity contribution is 6.30. The molecule has 0 unspecified atom stereocenters. The van der Waals surface area contributed by atoms with Gasteiger partial charge >= 0.3 is 0 Å². The summed E-state index contributed by atoms with van der Waals surface area (Å²) in [6, 6.07) is 16.6. The molecule has 2 aromatic rings. The van der Waals surface area contributed by atoms with Crippen molar-refractivity contribution in [2.45, 2.75) is 0 Å². The Balaban J connectivity index is 2.39. The first kappa shape index (κ1) is 12.4. The van der Waals surface area contributed by atoms with Gasteiger partial charge in [-0.15, -0.1) is 0 Å². The number of carbonyl (C=O) groups excluding carboxylic acids is 1. The smallest absolute Gasteiger partial charge is 0.133 e. The molecule has 0 bridgehead atoms. The maximum absolute atomic E-state index is 11.1. The molecule has 0 aromatic heterocycles. The predicted molar refractivity (Wildman–Crippen MR) is 76.0 cm³/mol. The molecular weight excluding hydrogens is 244 g/mol. The Hall–Kier alpha value is -2.08. The van der Waals surface area contributed by atoms with E-state index in [1.165, 1.54) is 0 Å². The van der Waals surface area contributed by atoms with E-state index in [0.717, 1.165) is 11.1 Å². The third-order valence-corrected chi connectivity index (χ3v) is 2.91. The molecule has 0 atom stereocenters. The summed E-state index contributed by atoms with van der Waals surface area (Å²) in [5.74, 6) is 1.97. The second-order valence-corrected chi connectivity index (χ2v) is 4.26. The third kappa shape index (κ3) is 2.60. The largest absolute Gasteiger partial charge is 0.233 e. The van der Waals surface area contributed by atoms with Crippen LogP contribution in [-0.2, 0) is 4.79 Å². The first-order valence-electron chi connectivity index (χ1n) is 5.48. The van der Waals surface area contributed by atoms with Gasteiger partial charge in [0.05, 0.1) is 5.57 Å². The van der Waals surface area contributed by atoms with Crippen molar-refractivity contribution in [2.75, 3.05) is 0 Å². The van der Waals surface area contributed by atoms with E-state index >= 15 is 0 Å². The van der Waals surface area contributed by atoms with Crippen LogP contribution in [0.4, 0.5) is 0 Å². The summed E-state index contributed by atoms with van der Waals surface area (Å²) in [6.07, 6.45) is 0. The Bertz CT molecular complexity index is 605. The van der Waals surface area contributed by atoms with Crippen molar-refractivity contribution < 1.29 is 4.79 Å².